The smallest absolute Gasteiger partial charge is 0.222 e. The van der Waals surface area contributed by atoms with Crippen LogP contribution in [0, 0.1) is 17.4 Å². The van der Waals surface area contributed by atoms with Crippen LogP contribution in [0.25, 0.3) is 0 Å². The summed E-state index contributed by atoms with van der Waals surface area (Å²) < 4.78 is 21.9. The number of Topliss-reactive ketones (excluding diaryl/α,β-unsaturated/α-hetero) is 1. The molecule has 1 heterocycles. The molecule has 1 saturated heterocycles. The van der Waals surface area contributed by atoms with Gasteiger partial charge in [0.1, 0.15) is 8.07 Å². The summed E-state index contributed by atoms with van der Waals surface area (Å²) in [5.74, 6) is 3.58. The number of hydrogen-bond acceptors (Lipinski definition) is 5. The quantitative estimate of drug-likeness (QED) is 0.194. The number of carbonyl (C=O) groups is 1. The van der Waals surface area contributed by atoms with Crippen LogP contribution in [0.15, 0.2) is 48.7 Å². The third-order valence-electron chi connectivity index (χ3n) is 4.55. The Morgan fingerprint density at radius 2 is 1.59 bits per heavy atom. The Labute approximate surface area is 196 Å². The summed E-state index contributed by atoms with van der Waals surface area (Å²) in [5.41, 5.74) is 4.35. The summed E-state index contributed by atoms with van der Waals surface area (Å²) in [6.07, 6.45) is 4.91. The van der Waals surface area contributed by atoms with Gasteiger partial charge in [0, 0.05) is 12.3 Å². The average molecular weight is 477 g/mol. The van der Waals surface area contributed by atoms with Gasteiger partial charge in [0.2, 0.25) is 6.29 Å². The Morgan fingerprint density at radius 1 is 1.03 bits per heavy atom. The zero-order valence-electron chi connectivity index (χ0n) is 20.7. The molecule has 1 aliphatic carbocycles. The Balaban J connectivity index is 0.000000324. The van der Waals surface area contributed by atoms with Crippen LogP contribution >= 0.6 is 0 Å². The van der Waals surface area contributed by atoms with Crippen LogP contribution in [0.4, 0.5) is 0 Å². The van der Waals surface area contributed by atoms with Crippen molar-refractivity contribution in [1.29, 1.82) is 0 Å². The second kappa shape index (κ2) is 13.2. The molecule has 1 fully saturated rings. The largest absolute Gasteiger partial charge is 0.348 e. The van der Waals surface area contributed by atoms with E-state index in [0.717, 1.165) is 10.8 Å². The highest BCUT2D eigenvalue weighted by molar-refractivity contribution is 6.87. The number of allylic oxidation sites excluding steroid dienone is 1. The molecule has 2 unspecified atom stereocenters. The molecule has 0 radical (unpaired) electrons. The maximum Gasteiger partial charge on any atom is 0.222 e. The van der Waals surface area contributed by atoms with Gasteiger partial charge in [-0.25, -0.2) is 0 Å². The first-order valence-corrected chi connectivity index (χ1v) is 18.0. The molecule has 0 N–H and O–H groups in total. The van der Waals surface area contributed by atoms with Gasteiger partial charge >= 0.3 is 0 Å². The van der Waals surface area contributed by atoms with Gasteiger partial charge in [-0.3, -0.25) is 4.79 Å². The summed E-state index contributed by atoms with van der Waals surface area (Å²) in [6, 6.07) is 0. The van der Waals surface area contributed by atoms with Crippen LogP contribution in [-0.4, -0.2) is 60.9 Å². The summed E-state index contributed by atoms with van der Waals surface area (Å²) in [7, 11) is -2.98. The minimum atomic E-state index is -1.61. The normalized spacial score (nSPS) is 20.3. The standard InChI is InChI=1S/C13H20O3Si.C12H20O2Si/c1-5-6-15-13-11-9(8-16-13)7-10(14)12(11)17(2,3)4;1-6-9-13-12(14-10-7-2)8-11-15(3,4)5/h5,9,13H,1,6-8H2,2-4H3;6-7,12H,1-2,9-10H2,3-5H3. The lowest BCUT2D eigenvalue weighted by Crippen LogP contribution is -2.30. The Bertz CT molecular complexity index is 750. The van der Waals surface area contributed by atoms with Crippen molar-refractivity contribution in [2.45, 2.75) is 58.3 Å². The van der Waals surface area contributed by atoms with Crippen LogP contribution < -0.4 is 0 Å². The molecule has 7 heteroatoms. The van der Waals surface area contributed by atoms with E-state index in [1.165, 1.54) is 0 Å². The molecule has 1 aliphatic heterocycles. The van der Waals surface area contributed by atoms with Gasteiger partial charge in [-0.2, -0.15) is 0 Å². The highest BCUT2D eigenvalue weighted by Gasteiger charge is 2.46. The minimum Gasteiger partial charge on any atom is -0.348 e. The number of hydrogen-bond donors (Lipinski definition) is 0. The molecule has 0 amide bonds. The van der Waals surface area contributed by atoms with E-state index in [2.05, 4.69) is 70.5 Å². The van der Waals surface area contributed by atoms with Crippen molar-refractivity contribution in [1.82, 2.24) is 0 Å². The third-order valence-corrected chi connectivity index (χ3v) is 7.52. The molecule has 2 atom stereocenters. The van der Waals surface area contributed by atoms with Crippen molar-refractivity contribution < 1.29 is 23.7 Å². The predicted molar refractivity (Wildman–Crippen MR) is 137 cm³/mol. The van der Waals surface area contributed by atoms with Crippen molar-refractivity contribution in [2.24, 2.45) is 5.92 Å². The van der Waals surface area contributed by atoms with Crippen LogP contribution in [0.5, 0.6) is 0 Å². The zero-order chi connectivity index (χ0) is 24.4. The first-order valence-electron chi connectivity index (χ1n) is 11.0. The van der Waals surface area contributed by atoms with Crippen molar-refractivity contribution in [3.8, 4) is 11.5 Å². The van der Waals surface area contributed by atoms with Crippen molar-refractivity contribution >= 4 is 21.9 Å². The first-order chi connectivity index (χ1) is 14.9. The van der Waals surface area contributed by atoms with Gasteiger partial charge in [-0.05, 0) is 16.7 Å². The highest BCUT2D eigenvalue weighted by Crippen LogP contribution is 2.42. The van der Waals surface area contributed by atoms with E-state index in [9.17, 15) is 4.79 Å². The number of fused-ring (bicyclic) bond motifs is 1. The molecule has 178 valence electrons. The van der Waals surface area contributed by atoms with Crippen molar-refractivity contribution in [2.75, 3.05) is 26.4 Å². The summed E-state index contributed by atoms with van der Waals surface area (Å²) >= 11 is 0. The molecular weight excluding hydrogens is 436 g/mol. The zero-order valence-corrected chi connectivity index (χ0v) is 22.7. The van der Waals surface area contributed by atoms with E-state index in [0.29, 0.717) is 38.6 Å². The molecule has 0 bridgehead atoms. The number of ether oxygens (including phenoxy) is 4. The maximum absolute atomic E-state index is 12.1. The second-order valence-electron chi connectivity index (χ2n) is 9.79. The van der Waals surface area contributed by atoms with Crippen LogP contribution in [0.2, 0.25) is 39.3 Å². The van der Waals surface area contributed by atoms with E-state index < -0.39 is 22.4 Å². The highest BCUT2D eigenvalue weighted by atomic mass is 28.3. The maximum atomic E-state index is 12.1. The van der Waals surface area contributed by atoms with Gasteiger partial charge in [-0.15, -0.1) is 25.3 Å². The fraction of sp³-hybridized carbons (Fsp3) is 0.560. The third kappa shape index (κ3) is 9.53. The molecule has 0 aromatic heterocycles. The topological polar surface area (TPSA) is 54.0 Å². The van der Waals surface area contributed by atoms with Gasteiger partial charge < -0.3 is 18.9 Å². The monoisotopic (exact) mass is 476 g/mol. The lowest BCUT2D eigenvalue weighted by atomic mass is 10.1. The fourth-order valence-electron chi connectivity index (χ4n) is 3.42. The molecule has 0 aromatic rings. The Morgan fingerprint density at radius 3 is 2.06 bits per heavy atom. The van der Waals surface area contributed by atoms with E-state index in [4.69, 9.17) is 18.9 Å². The summed E-state index contributed by atoms with van der Waals surface area (Å²) in [5, 5.41) is 1.05. The van der Waals surface area contributed by atoms with E-state index in [-0.39, 0.29) is 12.2 Å². The van der Waals surface area contributed by atoms with Crippen molar-refractivity contribution in [3.63, 3.8) is 0 Å². The molecular formula is C25H40O5Si2. The molecule has 2 aliphatic rings. The predicted octanol–water partition coefficient (Wildman–Crippen LogP) is 4.91. The molecule has 0 saturated carbocycles. The van der Waals surface area contributed by atoms with Gasteiger partial charge in [0.15, 0.2) is 12.1 Å². The summed E-state index contributed by atoms with van der Waals surface area (Å²) in [6.45, 7) is 25.9. The van der Waals surface area contributed by atoms with E-state index in [1.807, 2.05) is 0 Å². The molecule has 2 rings (SSSR count). The van der Waals surface area contributed by atoms with Crippen LogP contribution in [0.1, 0.15) is 6.42 Å². The molecule has 0 aromatic carbocycles. The second-order valence-corrected chi connectivity index (χ2v) is 19.5. The minimum absolute atomic E-state index is 0.263. The SMILES string of the molecule is C=CCOC(C#C[Si](C)(C)C)OCC=C.C=CCOC1OCC2CC(=O)C([Si](C)(C)C)=C21. The lowest BCUT2D eigenvalue weighted by molar-refractivity contribution is -0.116. The van der Waals surface area contributed by atoms with Gasteiger partial charge in [0.05, 0.1) is 34.5 Å². The average Bonchev–Trinajstić information content (AvgIpc) is 3.22. The van der Waals surface area contributed by atoms with Gasteiger partial charge in [-0.1, -0.05) is 57.5 Å². The molecule has 0 spiro atoms. The fourth-order valence-corrected chi connectivity index (χ4v) is 6.09. The van der Waals surface area contributed by atoms with Gasteiger partial charge in [0.25, 0.3) is 0 Å². The van der Waals surface area contributed by atoms with Crippen molar-refractivity contribution in [3.05, 3.63) is 48.7 Å². The first kappa shape index (κ1) is 28.5. The van der Waals surface area contributed by atoms with E-state index in [1.54, 1.807) is 18.2 Å². The molecule has 32 heavy (non-hydrogen) atoms. The molecule has 5 nitrogen and oxygen atoms in total. The number of rotatable bonds is 10. The lowest BCUT2D eigenvalue weighted by Gasteiger charge is -2.21. The van der Waals surface area contributed by atoms with Crippen LogP contribution in [-0.2, 0) is 23.7 Å². The summed E-state index contributed by atoms with van der Waals surface area (Å²) in [4.78, 5) is 12.1. The number of carbonyl (C=O) groups excluding carboxylic acids is 1. The number of ketones is 1. The van der Waals surface area contributed by atoms with E-state index >= 15 is 0 Å². The Hall–Kier alpha value is -1.54. The Kier molecular flexibility index (Phi) is 11.8. The van der Waals surface area contributed by atoms with Crippen LogP contribution in [0.3, 0.4) is 0 Å².